The summed E-state index contributed by atoms with van der Waals surface area (Å²) in [6.07, 6.45) is 0. The summed E-state index contributed by atoms with van der Waals surface area (Å²) in [7, 11) is 0. The number of anilines is 1. The molecule has 0 aliphatic rings. The van der Waals surface area contributed by atoms with E-state index in [0.29, 0.717) is 16.7 Å². The van der Waals surface area contributed by atoms with E-state index in [1.807, 2.05) is 0 Å². The highest BCUT2D eigenvalue weighted by atomic mass is 35.5. The first kappa shape index (κ1) is 11.8. The Labute approximate surface area is 101 Å². The average Bonchev–Trinajstić information content (AvgIpc) is 2.27. The van der Waals surface area contributed by atoms with Crippen molar-refractivity contribution in [1.82, 2.24) is 0 Å². The number of nitrogen functional groups attached to an aromatic ring is 1. The van der Waals surface area contributed by atoms with Gasteiger partial charge in [0.05, 0.1) is 10.7 Å². The van der Waals surface area contributed by atoms with Crippen LogP contribution in [-0.4, -0.2) is 0 Å². The van der Waals surface area contributed by atoms with Crippen molar-refractivity contribution in [3.05, 3.63) is 52.8 Å². The highest BCUT2D eigenvalue weighted by Crippen LogP contribution is 2.29. The number of benzene rings is 2. The zero-order valence-electron chi connectivity index (χ0n) is 8.48. The predicted octanol–water partition coefficient (Wildman–Crippen LogP) is 4.01. The van der Waals surface area contributed by atoms with Gasteiger partial charge in [0.1, 0.15) is 5.82 Å². The molecular weight excluding hydrogens is 251 g/mol. The van der Waals surface area contributed by atoms with Crippen LogP contribution in [-0.2, 0) is 0 Å². The molecule has 0 spiro atoms. The van der Waals surface area contributed by atoms with E-state index in [0.717, 1.165) is 6.07 Å². The van der Waals surface area contributed by atoms with Crippen molar-refractivity contribution in [2.24, 2.45) is 0 Å². The lowest BCUT2D eigenvalue weighted by Gasteiger charge is -2.06. The molecule has 2 N–H and O–H groups in total. The zero-order valence-corrected chi connectivity index (χ0v) is 9.23. The minimum absolute atomic E-state index is 0.0627. The maximum Gasteiger partial charge on any atom is 0.161 e. The molecule has 0 atom stereocenters. The van der Waals surface area contributed by atoms with E-state index >= 15 is 0 Å². The van der Waals surface area contributed by atoms with Gasteiger partial charge in [-0.15, -0.1) is 0 Å². The van der Waals surface area contributed by atoms with Crippen molar-refractivity contribution in [2.75, 3.05) is 5.73 Å². The number of nitrogens with two attached hydrogens (primary N) is 1. The van der Waals surface area contributed by atoms with E-state index in [1.54, 1.807) is 0 Å². The first-order valence-electron chi connectivity index (χ1n) is 4.69. The van der Waals surface area contributed by atoms with Gasteiger partial charge in [-0.25, -0.2) is 13.2 Å². The van der Waals surface area contributed by atoms with Crippen molar-refractivity contribution in [3.8, 4) is 11.1 Å². The molecular formula is C12H7ClF3N. The lowest BCUT2D eigenvalue weighted by Crippen LogP contribution is -1.93. The summed E-state index contributed by atoms with van der Waals surface area (Å²) in [5.41, 5.74) is 6.07. The molecule has 2 rings (SSSR count). The third kappa shape index (κ3) is 2.22. The van der Waals surface area contributed by atoms with E-state index in [4.69, 9.17) is 17.3 Å². The summed E-state index contributed by atoms with van der Waals surface area (Å²) in [6.45, 7) is 0. The van der Waals surface area contributed by atoms with E-state index in [9.17, 15) is 13.2 Å². The minimum atomic E-state index is -1.23. The Balaban J connectivity index is 2.60. The fourth-order valence-electron chi connectivity index (χ4n) is 1.46. The van der Waals surface area contributed by atoms with Gasteiger partial charge in [0.2, 0.25) is 0 Å². The molecule has 0 aliphatic heterocycles. The fraction of sp³-hybridized carbons (Fsp3) is 0. The zero-order chi connectivity index (χ0) is 12.6. The number of halogens is 4. The lowest BCUT2D eigenvalue weighted by atomic mass is 10.0. The molecule has 0 aliphatic carbocycles. The topological polar surface area (TPSA) is 26.0 Å². The molecule has 0 fully saturated rings. The smallest absolute Gasteiger partial charge is 0.161 e. The Morgan fingerprint density at radius 2 is 1.53 bits per heavy atom. The van der Waals surface area contributed by atoms with Crippen LogP contribution in [0.2, 0.25) is 5.02 Å². The summed E-state index contributed by atoms with van der Waals surface area (Å²) >= 11 is 5.71. The van der Waals surface area contributed by atoms with Crippen molar-refractivity contribution in [1.29, 1.82) is 0 Å². The Kier molecular flexibility index (Phi) is 2.98. The Morgan fingerprint density at radius 3 is 2.18 bits per heavy atom. The molecule has 88 valence electrons. The van der Waals surface area contributed by atoms with Crippen LogP contribution in [0, 0.1) is 17.5 Å². The summed E-state index contributed by atoms with van der Waals surface area (Å²) in [5.74, 6) is -3.20. The molecule has 0 saturated heterocycles. The molecule has 1 nitrogen and oxygen atoms in total. The maximum atomic E-state index is 13.5. The molecule has 0 amide bonds. The summed E-state index contributed by atoms with van der Waals surface area (Å²) in [5, 5.41) is 0.316. The Hall–Kier alpha value is -1.68. The van der Waals surface area contributed by atoms with Crippen LogP contribution in [0.15, 0.2) is 30.3 Å². The van der Waals surface area contributed by atoms with Crippen molar-refractivity contribution < 1.29 is 13.2 Å². The second kappa shape index (κ2) is 4.30. The largest absolute Gasteiger partial charge is 0.398 e. The van der Waals surface area contributed by atoms with E-state index in [-0.39, 0.29) is 11.3 Å². The van der Waals surface area contributed by atoms with Gasteiger partial charge < -0.3 is 5.73 Å². The first-order valence-corrected chi connectivity index (χ1v) is 5.07. The molecule has 0 aromatic heterocycles. The van der Waals surface area contributed by atoms with Crippen molar-refractivity contribution in [3.63, 3.8) is 0 Å². The van der Waals surface area contributed by atoms with Crippen LogP contribution < -0.4 is 5.73 Å². The number of hydrogen-bond donors (Lipinski definition) is 1. The predicted molar refractivity (Wildman–Crippen MR) is 61.2 cm³/mol. The van der Waals surface area contributed by atoms with E-state index in [1.165, 1.54) is 18.2 Å². The van der Waals surface area contributed by atoms with Crippen LogP contribution in [0.3, 0.4) is 0 Å². The highest BCUT2D eigenvalue weighted by Gasteiger charge is 2.12. The number of hydrogen-bond acceptors (Lipinski definition) is 1. The summed E-state index contributed by atoms with van der Waals surface area (Å²) < 4.78 is 39.3. The third-order valence-corrected chi connectivity index (χ3v) is 2.66. The van der Waals surface area contributed by atoms with Crippen LogP contribution in [0.4, 0.5) is 18.9 Å². The monoisotopic (exact) mass is 257 g/mol. The SMILES string of the molecule is Nc1cc(-c2cc(F)c(F)cc2F)ccc1Cl. The van der Waals surface area contributed by atoms with Gasteiger partial charge in [0.15, 0.2) is 11.6 Å². The van der Waals surface area contributed by atoms with Crippen LogP contribution in [0.25, 0.3) is 11.1 Å². The molecule has 0 heterocycles. The molecule has 0 radical (unpaired) electrons. The van der Waals surface area contributed by atoms with E-state index < -0.39 is 17.5 Å². The minimum Gasteiger partial charge on any atom is -0.398 e. The van der Waals surface area contributed by atoms with Gasteiger partial charge in [0, 0.05) is 11.6 Å². The summed E-state index contributed by atoms with van der Waals surface area (Å²) in [6, 6.07) is 5.63. The molecule has 0 unspecified atom stereocenters. The standard InChI is InChI=1S/C12H7ClF3N/c13-8-2-1-6(3-12(8)17)7-4-10(15)11(16)5-9(7)14/h1-5H,17H2. The number of rotatable bonds is 1. The normalized spacial score (nSPS) is 10.6. The van der Waals surface area contributed by atoms with Crippen molar-refractivity contribution in [2.45, 2.75) is 0 Å². The summed E-state index contributed by atoms with van der Waals surface area (Å²) in [4.78, 5) is 0. The van der Waals surface area contributed by atoms with Crippen LogP contribution in [0.5, 0.6) is 0 Å². The molecule has 17 heavy (non-hydrogen) atoms. The quantitative estimate of drug-likeness (QED) is 0.606. The second-order valence-corrected chi connectivity index (χ2v) is 3.89. The van der Waals surface area contributed by atoms with Gasteiger partial charge in [-0.3, -0.25) is 0 Å². The molecule has 2 aromatic rings. The fourth-order valence-corrected chi connectivity index (χ4v) is 1.57. The lowest BCUT2D eigenvalue weighted by molar-refractivity contribution is 0.496. The first-order chi connectivity index (χ1) is 7.99. The van der Waals surface area contributed by atoms with Gasteiger partial charge in [-0.1, -0.05) is 17.7 Å². The van der Waals surface area contributed by atoms with Crippen molar-refractivity contribution >= 4 is 17.3 Å². The van der Waals surface area contributed by atoms with Crippen LogP contribution in [0.1, 0.15) is 0 Å². The molecule has 2 aromatic carbocycles. The average molecular weight is 258 g/mol. The van der Waals surface area contributed by atoms with Gasteiger partial charge in [0.25, 0.3) is 0 Å². The maximum absolute atomic E-state index is 13.5. The van der Waals surface area contributed by atoms with E-state index in [2.05, 4.69) is 0 Å². The molecule has 5 heteroatoms. The van der Waals surface area contributed by atoms with Gasteiger partial charge in [-0.2, -0.15) is 0 Å². The van der Waals surface area contributed by atoms with Gasteiger partial charge in [-0.05, 0) is 23.8 Å². The van der Waals surface area contributed by atoms with Gasteiger partial charge >= 0.3 is 0 Å². The highest BCUT2D eigenvalue weighted by molar-refractivity contribution is 6.33. The van der Waals surface area contributed by atoms with Crippen LogP contribution >= 0.6 is 11.6 Å². The third-order valence-electron chi connectivity index (χ3n) is 2.32. The molecule has 0 bridgehead atoms. The molecule has 0 saturated carbocycles. The second-order valence-electron chi connectivity index (χ2n) is 3.48. The Morgan fingerprint density at radius 1 is 0.882 bits per heavy atom. The Bertz CT molecular complexity index is 584.